The smallest absolute Gasteiger partial charge is 0.310 e. The third kappa shape index (κ3) is 6.47. The van der Waals surface area contributed by atoms with Gasteiger partial charge in [-0.2, -0.15) is 0 Å². The van der Waals surface area contributed by atoms with Crippen LogP contribution in [0, 0.1) is 17.3 Å². The molecule has 44 heavy (non-hydrogen) atoms. The SMILES string of the molecule is O=C(O)CC(C(=O)O)(C1CC(c2ccccc2)SC(c2ccccc2)C1)C1CC(c2ccccc2)SC(c2ccccc2)C1. The number of thioether (sulfide) groups is 2. The van der Waals surface area contributed by atoms with E-state index in [9.17, 15) is 19.8 Å². The van der Waals surface area contributed by atoms with E-state index in [1.165, 1.54) is 22.3 Å². The second kappa shape index (κ2) is 13.7. The van der Waals surface area contributed by atoms with Crippen molar-refractivity contribution < 1.29 is 19.8 Å². The second-order valence-electron chi connectivity index (χ2n) is 12.1. The van der Waals surface area contributed by atoms with Gasteiger partial charge in [-0.1, -0.05) is 121 Å². The van der Waals surface area contributed by atoms with E-state index in [0.29, 0.717) is 25.7 Å². The lowest BCUT2D eigenvalue weighted by Gasteiger charge is -2.50. The molecule has 4 aromatic rings. The largest absolute Gasteiger partial charge is 0.481 e. The zero-order valence-corrected chi connectivity index (χ0v) is 26.2. The maximum absolute atomic E-state index is 13.9. The highest BCUT2D eigenvalue weighted by atomic mass is 32.2. The van der Waals surface area contributed by atoms with Gasteiger partial charge in [0.05, 0.1) is 11.8 Å². The number of benzene rings is 4. The molecular formula is C38H38O4S2. The number of hydrogen-bond donors (Lipinski definition) is 2. The van der Waals surface area contributed by atoms with Crippen molar-refractivity contribution in [1.29, 1.82) is 0 Å². The van der Waals surface area contributed by atoms with Gasteiger partial charge >= 0.3 is 11.9 Å². The molecule has 4 aromatic carbocycles. The van der Waals surface area contributed by atoms with Crippen LogP contribution in [0.15, 0.2) is 121 Å². The van der Waals surface area contributed by atoms with Crippen molar-refractivity contribution >= 4 is 35.5 Å². The van der Waals surface area contributed by atoms with Gasteiger partial charge in [0, 0.05) is 21.0 Å². The molecule has 4 unspecified atom stereocenters. The summed E-state index contributed by atoms with van der Waals surface area (Å²) in [6.07, 6.45) is 2.15. The fourth-order valence-electron chi connectivity index (χ4n) is 7.51. The molecule has 0 aliphatic carbocycles. The number of rotatable bonds is 9. The normalized spacial score (nSPS) is 26.7. The van der Waals surface area contributed by atoms with Crippen LogP contribution in [0.1, 0.15) is 75.4 Å². The van der Waals surface area contributed by atoms with E-state index >= 15 is 0 Å². The lowest BCUT2D eigenvalue weighted by Crippen LogP contribution is -2.49. The van der Waals surface area contributed by atoms with E-state index in [1.807, 2.05) is 96.3 Å². The van der Waals surface area contributed by atoms with Crippen LogP contribution >= 0.6 is 23.5 Å². The van der Waals surface area contributed by atoms with Gasteiger partial charge in [0.15, 0.2) is 0 Å². The quantitative estimate of drug-likeness (QED) is 0.194. The molecule has 2 saturated heterocycles. The maximum atomic E-state index is 13.9. The minimum absolute atomic E-state index is 0.0699. The Morgan fingerprint density at radius 1 is 0.523 bits per heavy atom. The van der Waals surface area contributed by atoms with Crippen molar-refractivity contribution in [1.82, 2.24) is 0 Å². The van der Waals surface area contributed by atoms with Gasteiger partial charge < -0.3 is 10.2 Å². The van der Waals surface area contributed by atoms with Crippen LogP contribution in [0.2, 0.25) is 0 Å². The van der Waals surface area contributed by atoms with Crippen molar-refractivity contribution in [3.05, 3.63) is 144 Å². The number of hydrogen-bond acceptors (Lipinski definition) is 4. The predicted octanol–water partition coefficient (Wildman–Crippen LogP) is 9.78. The lowest BCUT2D eigenvalue weighted by molar-refractivity contribution is -0.166. The number of carboxylic acids is 2. The zero-order valence-electron chi connectivity index (χ0n) is 24.6. The highest BCUT2D eigenvalue weighted by Crippen LogP contribution is 2.63. The lowest BCUT2D eigenvalue weighted by atomic mass is 9.58. The molecule has 0 saturated carbocycles. The standard InChI is InChI=1S/C38H38O4S2/c39-36(40)25-38(37(41)42,30-21-32(26-13-5-1-6-14-26)43-33(22-30)27-15-7-2-8-16-27)31-23-34(28-17-9-3-10-18-28)44-35(24-31)29-19-11-4-12-20-29/h1-20,30-35H,21-25H2,(H,39,40)(H,41,42). The van der Waals surface area contributed by atoms with E-state index < -0.39 is 17.4 Å². The van der Waals surface area contributed by atoms with Crippen LogP contribution in [0.4, 0.5) is 0 Å². The van der Waals surface area contributed by atoms with Gasteiger partial charge in [-0.05, 0) is 59.8 Å². The zero-order chi connectivity index (χ0) is 30.5. The van der Waals surface area contributed by atoms with E-state index in [4.69, 9.17) is 0 Å². The summed E-state index contributed by atoms with van der Waals surface area (Å²) in [6, 6.07) is 41.2. The Hall–Kier alpha value is -3.48. The summed E-state index contributed by atoms with van der Waals surface area (Å²) in [5, 5.41) is 22.0. The molecule has 0 aromatic heterocycles. The fourth-order valence-corrected chi connectivity index (χ4v) is 10.9. The van der Waals surface area contributed by atoms with E-state index in [-0.39, 0.29) is 39.3 Å². The van der Waals surface area contributed by atoms with Gasteiger partial charge in [0.1, 0.15) is 0 Å². The molecule has 2 aliphatic heterocycles. The highest BCUT2D eigenvalue weighted by Gasteiger charge is 2.57. The number of carboxylic acid groups (broad SMARTS) is 2. The van der Waals surface area contributed by atoms with Crippen molar-refractivity contribution in [3.63, 3.8) is 0 Å². The minimum atomic E-state index is -1.41. The van der Waals surface area contributed by atoms with Crippen molar-refractivity contribution in [2.75, 3.05) is 0 Å². The van der Waals surface area contributed by atoms with Gasteiger partial charge in [-0.15, -0.1) is 23.5 Å². The van der Waals surface area contributed by atoms with Crippen LogP contribution in [0.5, 0.6) is 0 Å². The monoisotopic (exact) mass is 622 g/mol. The number of aliphatic carboxylic acids is 2. The topological polar surface area (TPSA) is 74.6 Å². The summed E-state index contributed by atoms with van der Waals surface area (Å²) >= 11 is 3.77. The Bertz CT molecular complexity index is 1330. The molecule has 2 fully saturated rings. The molecule has 0 radical (unpaired) electrons. The van der Waals surface area contributed by atoms with Crippen molar-refractivity contribution in [2.24, 2.45) is 17.3 Å². The Balaban J connectivity index is 1.45. The molecule has 0 spiro atoms. The van der Waals surface area contributed by atoms with Crippen LogP contribution in [0.3, 0.4) is 0 Å². The first kappa shape index (κ1) is 30.5. The molecule has 0 amide bonds. The van der Waals surface area contributed by atoms with E-state index in [1.54, 1.807) is 0 Å². The molecule has 2 heterocycles. The summed E-state index contributed by atoms with van der Waals surface area (Å²) < 4.78 is 0. The predicted molar refractivity (Wildman–Crippen MR) is 180 cm³/mol. The molecular weight excluding hydrogens is 585 g/mol. The molecule has 2 N–H and O–H groups in total. The first-order chi connectivity index (χ1) is 21.4. The summed E-state index contributed by atoms with van der Waals surface area (Å²) in [4.78, 5) is 26.6. The fraction of sp³-hybridized carbons (Fsp3) is 0.316. The van der Waals surface area contributed by atoms with Crippen LogP contribution in [-0.2, 0) is 9.59 Å². The van der Waals surface area contributed by atoms with E-state index in [0.717, 1.165) is 0 Å². The molecule has 226 valence electrons. The highest BCUT2D eigenvalue weighted by molar-refractivity contribution is 8.00. The average molecular weight is 623 g/mol. The van der Waals surface area contributed by atoms with Crippen LogP contribution in [-0.4, -0.2) is 22.2 Å². The Labute approximate surface area is 268 Å². The van der Waals surface area contributed by atoms with Crippen LogP contribution < -0.4 is 0 Å². The number of carbonyl (C=O) groups is 2. The molecule has 4 nitrogen and oxygen atoms in total. The first-order valence-electron chi connectivity index (χ1n) is 15.4. The third-order valence-corrected chi connectivity index (χ3v) is 12.8. The molecule has 2 aliphatic rings. The Morgan fingerprint density at radius 3 is 1.02 bits per heavy atom. The van der Waals surface area contributed by atoms with Crippen molar-refractivity contribution in [2.45, 2.75) is 53.1 Å². The Kier molecular flexibility index (Phi) is 9.48. The Morgan fingerprint density at radius 2 is 0.795 bits per heavy atom. The van der Waals surface area contributed by atoms with Gasteiger partial charge in [0.25, 0.3) is 0 Å². The average Bonchev–Trinajstić information content (AvgIpc) is 3.08. The molecule has 4 atom stereocenters. The van der Waals surface area contributed by atoms with Gasteiger partial charge in [-0.3, -0.25) is 9.59 Å². The third-order valence-electron chi connectivity index (χ3n) is 9.64. The minimum Gasteiger partial charge on any atom is -0.481 e. The summed E-state index contributed by atoms with van der Waals surface area (Å²) in [7, 11) is 0. The van der Waals surface area contributed by atoms with Gasteiger partial charge in [0.2, 0.25) is 0 Å². The summed E-state index contributed by atoms with van der Waals surface area (Å²) in [5.74, 6) is -2.63. The van der Waals surface area contributed by atoms with Crippen molar-refractivity contribution in [3.8, 4) is 0 Å². The van der Waals surface area contributed by atoms with Crippen LogP contribution in [0.25, 0.3) is 0 Å². The van der Waals surface area contributed by atoms with E-state index in [2.05, 4.69) is 48.5 Å². The summed E-state index contributed by atoms with van der Waals surface area (Å²) in [5.41, 5.74) is 3.26. The first-order valence-corrected chi connectivity index (χ1v) is 17.3. The second-order valence-corrected chi connectivity index (χ2v) is 14.9. The maximum Gasteiger partial charge on any atom is 0.310 e. The van der Waals surface area contributed by atoms with Gasteiger partial charge in [-0.25, -0.2) is 0 Å². The summed E-state index contributed by atoms with van der Waals surface area (Å²) in [6.45, 7) is 0. The molecule has 0 bridgehead atoms. The molecule has 6 heteroatoms. The molecule has 6 rings (SSSR count).